The molecule has 1 N–H and O–H groups in total. The Morgan fingerprint density at radius 3 is 2.48 bits per heavy atom. The van der Waals surface area contributed by atoms with Crippen molar-refractivity contribution in [3.63, 3.8) is 0 Å². The number of piperidine rings is 1. The van der Waals surface area contributed by atoms with Crippen LogP contribution in [0.15, 0.2) is 48.5 Å². The molecule has 2 aromatic rings. The maximum absolute atomic E-state index is 12.6. The van der Waals surface area contributed by atoms with Gasteiger partial charge in [-0.25, -0.2) is 0 Å². The molecule has 1 saturated heterocycles. The van der Waals surface area contributed by atoms with Crippen molar-refractivity contribution in [1.82, 2.24) is 10.2 Å². The summed E-state index contributed by atoms with van der Waals surface area (Å²) in [6.07, 6.45) is 1.81. The van der Waals surface area contributed by atoms with Gasteiger partial charge in [0.15, 0.2) is 0 Å². The molecule has 5 nitrogen and oxygen atoms in total. The van der Waals surface area contributed by atoms with Gasteiger partial charge in [-0.15, -0.1) is 0 Å². The highest BCUT2D eigenvalue weighted by molar-refractivity contribution is 5.79. The number of nitrogens with zero attached hydrogens (tertiary/aromatic N) is 1. The smallest absolute Gasteiger partial charge is 0.223 e. The summed E-state index contributed by atoms with van der Waals surface area (Å²) in [6.45, 7) is 7.44. The highest BCUT2D eigenvalue weighted by atomic mass is 16.5. The zero-order valence-corrected chi connectivity index (χ0v) is 17.7. The third-order valence-electron chi connectivity index (χ3n) is 5.40. The van der Waals surface area contributed by atoms with Gasteiger partial charge in [-0.3, -0.25) is 9.69 Å². The first-order chi connectivity index (χ1) is 14.0. The Labute approximate surface area is 174 Å². The molecule has 5 heteroatoms. The van der Waals surface area contributed by atoms with Crippen molar-refractivity contribution in [2.45, 2.75) is 39.3 Å². The molecule has 1 atom stereocenters. The zero-order valence-electron chi connectivity index (χ0n) is 17.7. The number of ether oxygens (including phenoxy) is 2. The van der Waals surface area contributed by atoms with Crippen LogP contribution in [0.2, 0.25) is 0 Å². The summed E-state index contributed by atoms with van der Waals surface area (Å²) in [5.74, 6) is 1.81. The van der Waals surface area contributed by atoms with Gasteiger partial charge >= 0.3 is 0 Å². The number of aryl methyl sites for hydroxylation is 1. The van der Waals surface area contributed by atoms with Crippen molar-refractivity contribution in [3.05, 3.63) is 59.7 Å². The van der Waals surface area contributed by atoms with E-state index >= 15 is 0 Å². The second-order valence-electron chi connectivity index (χ2n) is 7.94. The number of likely N-dealkylation sites (tertiary alicyclic amines) is 1. The Bertz CT molecular complexity index is 783. The molecule has 1 aliphatic rings. The predicted octanol–water partition coefficient (Wildman–Crippen LogP) is 3.80. The van der Waals surface area contributed by atoms with Gasteiger partial charge in [-0.05, 0) is 69.6 Å². The predicted molar refractivity (Wildman–Crippen MR) is 115 cm³/mol. The topological polar surface area (TPSA) is 50.8 Å². The minimum atomic E-state index is -0.0325. The lowest BCUT2D eigenvalue weighted by atomic mass is 9.95. The van der Waals surface area contributed by atoms with Gasteiger partial charge in [0.2, 0.25) is 5.91 Å². The molecule has 1 heterocycles. The zero-order chi connectivity index (χ0) is 20.6. The van der Waals surface area contributed by atoms with Gasteiger partial charge < -0.3 is 14.8 Å². The number of nitrogens with one attached hydrogen (secondary N) is 1. The lowest BCUT2D eigenvalue weighted by molar-refractivity contribution is -0.127. The first-order valence-electron chi connectivity index (χ1n) is 10.4. The average molecular weight is 397 g/mol. The van der Waals surface area contributed by atoms with E-state index in [1.807, 2.05) is 31.2 Å². The molecule has 29 heavy (non-hydrogen) atoms. The van der Waals surface area contributed by atoms with Gasteiger partial charge in [-0.2, -0.15) is 0 Å². The minimum Gasteiger partial charge on any atom is -0.497 e. The largest absolute Gasteiger partial charge is 0.497 e. The monoisotopic (exact) mass is 396 g/mol. The van der Waals surface area contributed by atoms with E-state index in [2.05, 4.69) is 41.4 Å². The molecule has 1 amide bonds. The molecule has 3 rings (SSSR count). The highest BCUT2D eigenvalue weighted by Gasteiger charge is 2.25. The van der Waals surface area contributed by atoms with Crippen LogP contribution >= 0.6 is 0 Å². The Balaban J connectivity index is 1.38. The molecule has 0 aromatic heterocycles. The number of benzene rings is 2. The molecule has 0 aliphatic carbocycles. The van der Waals surface area contributed by atoms with E-state index in [0.29, 0.717) is 6.61 Å². The second kappa shape index (κ2) is 10.3. The number of hydrogen-bond donors (Lipinski definition) is 1. The van der Waals surface area contributed by atoms with Crippen LogP contribution in [0.1, 0.15) is 30.9 Å². The van der Waals surface area contributed by atoms with E-state index in [9.17, 15) is 4.79 Å². The molecular formula is C24H32N2O3. The number of carbonyl (C=O) groups excluding carboxylic acids is 1. The summed E-state index contributed by atoms with van der Waals surface area (Å²) < 4.78 is 10.9. The van der Waals surface area contributed by atoms with Crippen molar-refractivity contribution >= 4 is 5.91 Å². The Kier molecular flexibility index (Phi) is 7.53. The number of methoxy groups -OCH3 is 1. The lowest BCUT2D eigenvalue weighted by Crippen LogP contribution is -2.44. The highest BCUT2D eigenvalue weighted by Crippen LogP contribution is 2.20. The lowest BCUT2D eigenvalue weighted by Gasteiger charge is -2.32. The second-order valence-corrected chi connectivity index (χ2v) is 7.94. The van der Waals surface area contributed by atoms with E-state index < -0.39 is 0 Å². The van der Waals surface area contributed by atoms with E-state index in [-0.39, 0.29) is 17.9 Å². The van der Waals surface area contributed by atoms with Gasteiger partial charge in [0.1, 0.15) is 18.1 Å². The fourth-order valence-corrected chi connectivity index (χ4v) is 3.72. The molecule has 2 aromatic carbocycles. The Morgan fingerprint density at radius 1 is 1.14 bits per heavy atom. The number of amides is 1. The average Bonchev–Trinajstić information content (AvgIpc) is 2.73. The Morgan fingerprint density at radius 2 is 1.83 bits per heavy atom. The van der Waals surface area contributed by atoms with Crippen LogP contribution in [0, 0.1) is 12.8 Å². The third kappa shape index (κ3) is 6.50. The van der Waals surface area contributed by atoms with Crippen LogP contribution in [-0.4, -0.2) is 43.7 Å². The van der Waals surface area contributed by atoms with Crippen LogP contribution in [-0.2, 0) is 11.3 Å². The SMILES string of the molecule is COc1ccc(OC[C@H](C)NC(=O)C2CCN(Cc3cccc(C)c3)CC2)cc1. The van der Waals surface area contributed by atoms with Crippen molar-refractivity contribution < 1.29 is 14.3 Å². The standard InChI is InChI=1S/C24H32N2O3/c1-18-5-4-6-20(15-18)16-26-13-11-21(12-14-26)24(27)25-19(2)17-29-23-9-7-22(28-3)8-10-23/h4-10,15,19,21H,11-14,16-17H2,1-3H3,(H,25,27)/t19-/m0/s1. The van der Waals surface area contributed by atoms with E-state index in [4.69, 9.17) is 9.47 Å². The van der Waals surface area contributed by atoms with Crippen molar-refractivity contribution in [1.29, 1.82) is 0 Å². The first-order valence-corrected chi connectivity index (χ1v) is 10.4. The number of rotatable bonds is 8. The summed E-state index contributed by atoms with van der Waals surface area (Å²) in [5.41, 5.74) is 2.64. The third-order valence-corrected chi connectivity index (χ3v) is 5.40. The molecular weight excluding hydrogens is 364 g/mol. The van der Waals surface area contributed by atoms with Crippen molar-refractivity contribution in [2.24, 2.45) is 5.92 Å². The molecule has 0 unspecified atom stereocenters. The summed E-state index contributed by atoms with van der Waals surface area (Å²) in [6, 6.07) is 16.1. The van der Waals surface area contributed by atoms with E-state index in [1.165, 1.54) is 11.1 Å². The van der Waals surface area contributed by atoms with Crippen LogP contribution in [0.5, 0.6) is 11.5 Å². The minimum absolute atomic E-state index is 0.0325. The van der Waals surface area contributed by atoms with Crippen LogP contribution in [0.3, 0.4) is 0 Å². The molecule has 1 aliphatic heterocycles. The first kappa shape index (κ1) is 21.2. The summed E-state index contributed by atoms with van der Waals surface area (Å²) in [7, 11) is 1.64. The van der Waals surface area contributed by atoms with E-state index in [0.717, 1.165) is 44.0 Å². The van der Waals surface area contributed by atoms with E-state index in [1.54, 1.807) is 7.11 Å². The maximum Gasteiger partial charge on any atom is 0.223 e. The summed E-state index contributed by atoms with van der Waals surface area (Å²) in [4.78, 5) is 15.1. The molecule has 0 spiro atoms. The summed E-state index contributed by atoms with van der Waals surface area (Å²) in [5, 5.41) is 3.11. The van der Waals surface area contributed by atoms with Crippen LogP contribution < -0.4 is 14.8 Å². The van der Waals surface area contributed by atoms with Gasteiger partial charge in [0.25, 0.3) is 0 Å². The molecule has 0 radical (unpaired) electrons. The van der Waals surface area contributed by atoms with Crippen molar-refractivity contribution in [3.8, 4) is 11.5 Å². The Hall–Kier alpha value is -2.53. The van der Waals surface area contributed by atoms with Crippen LogP contribution in [0.25, 0.3) is 0 Å². The molecule has 0 saturated carbocycles. The van der Waals surface area contributed by atoms with Gasteiger partial charge in [-0.1, -0.05) is 29.8 Å². The van der Waals surface area contributed by atoms with Gasteiger partial charge in [0.05, 0.1) is 13.2 Å². The fourth-order valence-electron chi connectivity index (χ4n) is 3.72. The van der Waals surface area contributed by atoms with Gasteiger partial charge in [0, 0.05) is 12.5 Å². The van der Waals surface area contributed by atoms with Crippen molar-refractivity contribution in [2.75, 3.05) is 26.8 Å². The quantitative estimate of drug-likeness (QED) is 0.737. The summed E-state index contributed by atoms with van der Waals surface area (Å²) >= 11 is 0. The number of hydrogen-bond acceptors (Lipinski definition) is 4. The normalized spacial score (nSPS) is 16.2. The molecule has 1 fully saturated rings. The molecule has 0 bridgehead atoms. The molecule has 156 valence electrons. The fraction of sp³-hybridized carbons (Fsp3) is 0.458. The van der Waals surface area contributed by atoms with Crippen LogP contribution in [0.4, 0.5) is 0 Å². The number of carbonyl (C=O) groups is 1. The maximum atomic E-state index is 12.6.